The van der Waals surface area contributed by atoms with Gasteiger partial charge in [-0.25, -0.2) is 0 Å². The van der Waals surface area contributed by atoms with Gasteiger partial charge in [-0.2, -0.15) is 0 Å². The molecule has 2 aromatic rings. The Balaban J connectivity index is 2.05. The molecule has 0 amide bonds. The molecule has 1 nitrogen and oxygen atoms in total. The molecule has 25 heavy (non-hydrogen) atoms. The van der Waals surface area contributed by atoms with Gasteiger partial charge in [-0.15, -0.1) is 0 Å². The molecule has 0 aliphatic carbocycles. The van der Waals surface area contributed by atoms with Gasteiger partial charge in [-0.3, -0.25) is 4.79 Å². The number of carbonyl (C=O) groups excluding carboxylic acids is 1. The van der Waals surface area contributed by atoms with Gasteiger partial charge in [0.25, 0.3) is 0 Å². The van der Waals surface area contributed by atoms with Crippen LogP contribution in [0.5, 0.6) is 0 Å². The van der Waals surface area contributed by atoms with E-state index in [1.54, 1.807) is 0 Å². The van der Waals surface area contributed by atoms with Crippen molar-refractivity contribution >= 4 is 26.3 Å². The number of rotatable bonds is 4. The smallest absolute Gasteiger partial charge is 0.194 e. The molecule has 3 heteroatoms. The Kier molecular flexibility index (Phi) is 6.08. The summed E-state index contributed by atoms with van der Waals surface area (Å²) in [7, 11) is -0.0825. The molecule has 0 aromatic heterocycles. The SMILES string of the molecule is CCP1CCCCP1c1ccccc1C(=O)c1c(C)cc(C)cc1C. The fraction of sp³-hybridized carbons (Fsp3) is 0.409. The van der Waals surface area contributed by atoms with E-state index in [1.807, 2.05) is 6.07 Å². The quantitative estimate of drug-likeness (QED) is 0.465. The van der Waals surface area contributed by atoms with Gasteiger partial charge in [0.05, 0.1) is 0 Å². The highest BCUT2D eigenvalue weighted by molar-refractivity contribution is 8.33. The van der Waals surface area contributed by atoms with Gasteiger partial charge in [0, 0.05) is 11.1 Å². The van der Waals surface area contributed by atoms with E-state index in [2.05, 4.69) is 58.0 Å². The minimum atomic E-state index is -0.155. The fourth-order valence-corrected chi connectivity index (χ4v) is 12.4. The summed E-state index contributed by atoms with van der Waals surface area (Å²) >= 11 is 0. The number of hydrogen-bond donors (Lipinski definition) is 0. The molecule has 2 aromatic carbocycles. The third-order valence-electron chi connectivity index (χ3n) is 5.07. The molecule has 1 aliphatic rings. The van der Waals surface area contributed by atoms with Crippen LogP contribution >= 0.6 is 15.2 Å². The lowest BCUT2D eigenvalue weighted by Crippen LogP contribution is -2.19. The molecule has 2 unspecified atom stereocenters. The lowest BCUT2D eigenvalue weighted by Gasteiger charge is -2.33. The maximum absolute atomic E-state index is 13.5. The van der Waals surface area contributed by atoms with E-state index in [4.69, 9.17) is 0 Å². The number of ketones is 1. The van der Waals surface area contributed by atoms with Crippen LogP contribution in [0.4, 0.5) is 0 Å². The normalized spacial score (nSPS) is 20.5. The highest BCUT2D eigenvalue weighted by Gasteiger charge is 2.28. The molecule has 0 N–H and O–H groups in total. The molecule has 132 valence electrons. The summed E-state index contributed by atoms with van der Waals surface area (Å²) in [5.41, 5.74) is 5.31. The third kappa shape index (κ3) is 3.89. The van der Waals surface area contributed by atoms with Gasteiger partial charge in [0.1, 0.15) is 0 Å². The number of aryl methyl sites for hydroxylation is 3. The van der Waals surface area contributed by atoms with Crippen molar-refractivity contribution in [1.29, 1.82) is 0 Å². The van der Waals surface area contributed by atoms with Gasteiger partial charge in [0.15, 0.2) is 5.78 Å². The van der Waals surface area contributed by atoms with Gasteiger partial charge in [-0.05, 0) is 76.1 Å². The average molecular weight is 370 g/mol. The Morgan fingerprint density at radius 1 is 1.00 bits per heavy atom. The second-order valence-corrected chi connectivity index (χ2v) is 14.0. The first-order valence-electron chi connectivity index (χ1n) is 9.27. The molecule has 1 saturated heterocycles. The molecule has 0 spiro atoms. The minimum absolute atomic E-state index is 0.0730. The first kappa shape index (κ1) is 18.8. The van der Waals surface area contributed by atoms with Crippen LogP contribution in [-0.2, 0) is 0 Å². The summed E-state index contributed by atoms with van der Waals surface area (Å²) in [6, 6.07) is 12.7. The van der Waals surface area contributed by atoms with E-state index >= 15 is 0 Å². The summed E-state index contributed by atoms with van der Waals surface area (Å²) in [5, 5.41) is 1.37. The lowest BCUT2D eigenvalue weighted by atomic mass is 9.93. The van der Waals surface area contributed by atoms with E-state index in [1.165, 1.54) is 42.2 Å². The van der Waals surface area contributed by atoms with Crippen LogP contribution in [0, 0.1) is 20.8 Å². The Hall–Kier alpha value is -1.03. The van der Waals surface area contributed by atoms with E-state index in [0.717, 1.165) is 22.3 Å². The standard InChI is InChI=1S/C22H28OP2/c1-5-24-12-8-9-13-25(24)20-11-7-6-10-19(20)22(23)21-17(3)14-16(2)15-18(21)4/h6-7,10-11,14-15H,5,8-9,12-13H2,1-4H3. The van der Waals surface area contributed by atoms with E-state index in [-0.39, 0.29) is 21.0 Å². The van der Waals surface area contributed by atoms with Crippen LogP contribution < -0.4 is 5.30 Å². The lowest BCUT2D eigenvalue weighted by molar-refractivity contribution is 0.103. The maximum atomic E-state index is 13.5. The molecule has 1 fully saturated rings. The van der Waals surface area contributed by atoms with Crippen LogP contribution in [0.2, 0.25) is 0 Å². The summed E-state index contributed by atoms with van der Waals surface area (Å²) < 4.78 is 0. The van der Waals surface area contributed by atoms with Crippen molar-refractivity contribution in [3.63, 3.8) is 0 Å². The van der Waals surface area contributed by atoms with Crippen molar-refractivity contribution in [2.45, 2.75) is 40.5 Å². The molecule has 0 radical (unpaired) electrons. The highest BCUT2D eigenvalue weighted by Crippen LogP contribution is 2.70. The van der Waals surface area contributed by atoms with E-state index in [9.17, 15) is 4.79 Å². The zero-order valence-electron chi connectivity index (χ0n) is 15.8. The van der Waals surface area contributed by atoms with Crippen molar-refractivity contribution in [2.75, 3.05) is 18.5 Å². The first-order chi connectivity index (χ1) is 12.0. The fourth-order valence-electron chi connectivity index (χ4n) is 3.98. The monoisotopic (exact) mass is 370 g/mol. The molecular weight excluding hydrogens is 342 g/mol. The van der Waals surface area contributed by atoms with Crippen LogP contribution in [0.3, 0.4) is 0 Å². The van der Waals surface area contributed by atoms with Gasteiger partial charge >= 0.3 is 0 Å². The summed E-state index contributed by atoms with van der Waals surface area (Å²) in [6.45, 7) is 8.58. The van der Waals surface area contributed by atoms with Crippen LogP contribution in [0.25, 0.3) is 0 Å². The molecule has 0 saturated carbocycles. The van der Waals surface area contributed by atoms with Crippen molar-refractivity contribution in [3.05, 3.63) is 64.2 Å². The second-order valence-electron chi connectivity index (χ2n) is 7.00. The highest BCUT2D eigenvalue weighted by atomic mass is 32.1. The minimum Gasteiger partial charge on any atom is -0.289 e. The molecule has 3 rings (SSSR count). The molecule has 1 aliphatic heterocycles. The van der Waals surface area contributed by atoms with Gasteiger partial charge in [-0.1, -0.05) is 56.5 Å². The van der Waals surface area contributed by atoms with Gasteiger partial charge < -0.3 is 0 Å². The van der Waals surface area contributed by atoms with Crippen molar-refractivity contribution in [1.82, 2.24) is 0 Å². The van der Waals surface area contributed by atoms with E-state index < -0.39 is 0 Å². The summed E-state index contributed by atoms with van der Waals surface area (Å²) in [4.78, 5) is 13.5. The predicted molar refractivity (Wildman–Crippen MR) is 114 cm³/mol. The number of hydrogen-bond acceptors (Lipinski definition) is 1. The van der Waals surface area contributed by atoms with Crippen molar-refractivity contribution in [2.24, 2.45) is 0 Å². The summed E-state index contributed by atoms with van der Waals surface area (Å²) in [5.74, 6) is 0.227. The largest absolute Gasteiger partial charge is 0.289 e. The predicted octanol–water partition coefficient (Wildman–Crippen LogP) is 6.16. The molecule has 1 heterocycles. The zero-order chi connectivity index (χ0) is 18.0. The Bertz CT molecular complexity index is 758. The first-order valence-corrected chi connectivity index (χ1v) is 13.2. The number of benzene rings is 2. The molecule has 2 atom stereocenters. The maximum Gasteiger partial charge on any atom is 0.194 e. The Labute approximate surface area is 154 Å². The summed E-state index contributed by atoms with van der Waals surface area (Å²) in [6.07, 6.45) is 6.71. The number of carbonyl (C=O) groups is 1. The van der Waals surface area contributed by atoms with Crippen molar-refractivity contribution in [3.8, 4) is 0 Å². The average Bonchev–Trinajstić information content (AvgIpc) is 2.60. The Morgan fingerprint density at radius 2 is 1.64 bits per heavy atom. The topological polar surface area (TPSA) is 17.1 Å². The second kappa shape index (κ2) is 8.11. The van der Waals surface area contributed by atoms with Crippen molar-refractivity contribution < 1.29 is 4.79 Å². The Morgan fingerprint density at radius 3 is 2.32 bits per heavy atom. The van der Waals surface area contributed by atoms with Crippen LogP contribution in [-0.4, -0.2) is 24.3 Å². The van der Waals surface area contributed by atoms with E-state index in [0.29, 0.717) is 0 Å². The van der Waals surface area contributed by atoms with Crippen LogP contribution in [0.1, 0.15) is 52.4 Å². The molecule has 0 bridgehead atoms. The van der Waals surface area contributed by atoms with Crippen LogP contribution in [0.15, 0.2) is 36.4 Å². The zero-order valence-corrected chi connectivity index (χ0v) is 17.6. The molecular formula is C22H28OP2. The van der Waals surface area contributed by atoms with Gasteiger partial charge in [0.2, 0.25) is 0 Å². The third-order valence-corrected chi connectivity index (χ3v) is 13.7.